The lowest BCUT2D eigenvalue weighted by Crippen LogP contribution is -2.44. The molecule has 0 unspecified atom stereocenters. The molecule has 1 aliphatic heterocycles. The van der Waals surface area contributed by atoms with Crippen molar-refractivity contribution in [2.45, 2.75) is 33.2 Å². The van der Waals surface area contributed by atoms with Crippen LogP contribution in [0.25, 0.3) is 0 Å². The Kier molecular flexibility index (Phi) is 10.9. The van der Waals surface area contributed by atoms with E-state index in [4.69, 9.17) is 0 Å². The molecular weight excluding hydrogens is 447 g/mol. The van der Waals surface area contributed by atoms with Crippen LogP contribution in [0.1, 0.15) is 28.4 Å². The van der Waals surface area contributed by atoms with Gasteiger partial charge in [-0.2, -0.15) is 0 Å². The number of likely N-dealkylation sites (N-methyl/N-ethyl adjacent to an activating group) is 1. The van der Waals surface area contributed by atoms with Gasteiger partial charge >= 0.3 is 0 Å². The van der Waals surface area contributed by atoms with Crippen LogP contribution in [0.5, 0.6) is 0 Å². The molecule has 2 N–H and O–H groups in total. The highest BCUT2D eigenvalue weighted by Gasteiger charge is 2.12. The molecule has 0 aromatic carbocycles. The highest BCUT2D eigenvalue weighted by atomic mass is 127. The van der Waals surface area contributed by atoms with Gasteiger partial charge in [0.2, 0.25) is 0 Å². The summed E-state index contributed by atoms with van der Waals surface area (Å²) in [5.41, 5.74) is 1.12. The van der Waals surface area contributed by atoms with E-state index in [0.29, 0.717) is 0 Å². The first kappa shape index (κ1) is 22.6. The van der Waals surface area contributed by atoms with Gasteiger partial charge in [0.05, 0.1) is 17.2 Å². The molecule has 1 aromatic heterocycles. The Morgan fingerprint density at radius 1 is 1.16 bits per heavy atom. The van der Waals surface area contributed by atoms with Gasteiger partial charge in [-0.25, -0.2) is 4.98 Å². The Hall–Kier alpha value is -0.450. The molecule has 0 aliphatic carbocycles. The van der Waals surface area contributed by atoms with Crippen molar-refractivity contribution in [3.63, 3.8) is 0 Å². The molecule has 0 amide bonds. The number of unbranched alkanes of at least 4 members (excludes halogenated alkanes) is 1. The molecular formula is C17H33IN6S. The number of aromatic nitrogens is 1. The average Bonchev–Trinajstić information content (AvgIpc) is 2.89. The SMILES string of the molecule is CN=C(NCCCCN1CCN(C)CC1)NCc1sc(C)nc1C.I. The number of guanidine groups is 1. The second-order valence-corrected chi connectivity index (χ2v) is 7.73. The van der Waals surface area contributed by atoms with Crippen molar-refractivity contribution in [1.82, 2.24) is 25.4 Å². The average molecular weight is 480 g/mol. The van der Waals surface area contributed by atoms with E-state index in [-0.39, 0.29) is 24.0 Å². The highest BCUT2D eigenvalue weighted by molar-refractivity contribution is 14.0. The summed E-state index contributed by atoms with van der Waals surface area (Å²) in [6.45, 7) is 11.9. The Morgan fingerprint density at radius 3 is 2.48 bits per heavy atom. The number of thiazole rings is 1. The van der Waals surface area contributed by atoms with Crippen molar-refractivity contribution in [2.24, 2.45) is 4.99 Å². The van der Waals surface area contributed by atoms with Crippen molar-refractivity contribution in [3.8, 4) is 0 Å². The Bertz CT molecular complexity index is 525. The minimum Gasteiger partial charge on any atom is -0.356 e. The Labute approximate surface area is 173 Å². The van der Waals surface area contributed by atoms with Crippen molar-refractivity contribution in [2.75, 3.05) is 53.4 Å². The molecule has 0 radical (unpaired) electrons. The molecule has 0 bridgehead atoms. The smallest absolute Gasteiger partial charge is 0.191 e. The summed E-state index contributed by atoms with van der Waals surface area (Å²) in [6, 6.07) is 0. The van der Waals surface area contributed by atoms with Crippen LogP contribution in [-0.2, 0) is 6.54 Å². The fourth-order valence-corrected chi connectivity index (χ4v) is 3.74. The van der Waals surface area contributed by atoms with Gasteiger partial charge < -0.3 is 20.4 Å². The number of hydrogen-bond donors (Lipinski definition) is 2. The number of aliphatic imine (C=N–C) groups is 1. The number of piperazine rings is 1. The molecule has 1 aromatic rings. The Balaban J connectivity index is 0.00000312. The monoisotopic (exact) mass is 480 g/mol. The molecule has 2 heterocycles. The van der Waals surface area contributed by atoms with Crippen LogP contribution >= 0.6 is 35.3 Å². The molecule has 0 spiro atoms. The lowest BCUT2D eigenvalue weighted by atomic mass is 10.2. The third-order valence-electron chi connectivity index (χ3n) is 4.43. The van der Waals surface area contributed by atoms with E-state index < -0.39 is 0 Å². The van der Waals surface area contributed by atoms with Gasteiger partial charge in [-0.3, -0.25) is 4.99 Å². The summed E-state index contributed by atoms with van der Waals surface area (Å²) < 4.78 is 0. The molecule has 144 valence electrons. The fraction of sp³-hybridized carbons (Fsp3) is 0.765. The van der Waals surface area contributed by atoms with E-state index in [1.807, 2.05) is 7.05 Å². The fourth-order valence-electron chi connectivity index (χ4n) is 2.86. The summed E-state index contributed by atoms with van der Waals surface area (Å²) >= 11 is 1.75. The molecule has 0 saturated carbocycles. The maximum atomic E-state index is 4.46. The van der Waals surface area contributed by atoms with E-state index in [2.05, 4.69) is 51.3 Å². The van der Waals surface area contributed by atoms with Gasteiger partial charge in [0.15, 0.2) is 5.96 Å². The van der Waals surface area contributed by atoms with Gasteiger partial charge in [0.1, 0.15) is 0 Å². The zero-order valence-corrected chi connectivity index (χ0v) is 19.1. The van der Waals surface area contributed by atoms with Crippen LogP contribution in [0.4, 0.5) is 0 Å². The Morgan fingerprint density at radius 2 is 1.88 bits per heavy atom. The maximum absolute atomic E-state index is 4.46. The van der Waals surface area contributed by atoms with Gasteiger partial charge in [-0.15, -0.1) is 35.3 Å². The number of nitrogens with one attached hydrogen (secondary N) is 2. The first-order valence-electron chi connectivity index (χ1n) is 8.87. The molecule has 1 fully saturated rings. The molecule has 25 heavy (non-hydrogen) atoms. The van der Waals surface area contributed by atoms with Crippen LogP contribution in [0.3, 0.4) is 0 Å². The summed E-state index contributed by atoms with van der Waals surface area (Å²) in [4.78, 5) is 15.0. The van der Waals surface area contributed by atoms with Crippen molar-refractivity contribution in [1.29, 1.82) is 0 Å². The predicted molar refractivity (Wildman–Crippen MR) is 118 cm³/mol. The molecule has 8 heteroatoms. The quantitative estimate of drug-likeness (QED) is 0.271. The first-order chi connectivity index (χ1) is 11.6. The first-order valence-corrected chi connectivity index (χ1v) is 9.68. The van der Waals surface area contributed by atoms with Crippen LogP contribution in [0.2, 0.25) is 0 Å². The van der Waals surface area contributed by atoms with E-state index >= 15 is 0 Å². The van der Waals surface area contributed by atoms with Crippen LogP contribution < -0.4 is 10.6 Å². The van der Waals surface area contributed by atoms with E-state index in [9.17, 15) is 0 Å². The third-order valence-corrected chi connectivity index (χ3v) is 5.50. The van der Waals surface area contributed by atoms with Crippen molar-refractivity contribution >= 4 is 41.3 Å². The maximum Gasteiger partial charge on any atom is 0.191 e. The van der Waals surface area contributed by atoms with Gasteiger partial charge in [0, 0.05) is 44.6 Å². The summed E-state index contributed by atoms with van der Waals surface area (Å²) in [7, 11) is 4.03. The van der Waals surface area contributed by atoms with E-state index in [1.165, 1.54) is 50.4 Å². The van der Waals surface area contributed by atoms with Crippen LogP contribution in [-0.4, -0.2) is 74.1 Å². The van der Waals surface area contributed by atoms with E-state index in [0.717, 1.165) is 29.8 Å². The van der Waals surface area contributed by atoms with Crippen LogP contribution in [0.15, 0.2) is 4.99 Å². The molecule has 6 nitrogen and oxygen atoms in total. The van der Waals surface area contributed by atoms with Gasteiger partial charge in [-0.05, 0) is 40.3 Å². The minimum absolute atomic E-state index is 0. The zero-order chi connectivity index (χ0) is 17.4. The number of halogens is 1. The third kappa shape index (κ3) is 8.19. The van der Waals surface area contributed by atoms with Gasteiger partial charge in [-0.1, -0.05) is 0 Å². The topological polar surface area (TPSA) is 55.8 Å². The van der Waals surface area contributed by atoms with Gasteiger partial charge in [0.25, 0.3) is 0 Å². The highest BCUT2D eigenvalue weighted by Crippen LogP contribution is 2.16. The molecule has 0 atom stereocenters. The van der Waals surface area contributed by atoms with Crippen molar-refractivity contribution < 1.29 is 0 Å². The summed E-state index contributed by atoms with van der Waals surface area (Å²) in [5, 5.41) is 7.91. The van der Waals surface area contributed by atoms with Crippen molar-refractivity contribution in [3.05, 3.63) is 15.6 Å². The number of aryl methyl sites for hydroxylation is 2. The molecule has 1 saturated heterocycles. The minimum atomic E-state index is 0. The molecule has 1 aliphatic rings. The summed E-state index contributed by atoms with van der Waals surface area (Å²) in [5.74, 6) is 0.875. The second-order valence-electron chi connectivity index (χ2n) is 6.45. The normalized spacial score (nSPS) is 16.6. The number of hydrogen-bond acceptors (Lipinski definition) is 5. The molecule has 2 rings (SSSR count). The van der Waals surface area contributed by atoms with Crippen LogP contribution in [0, 0.1) is 13.8 Å². The number of rotatable bonds is 7. The lowest BCUT2D eigenvalue weighted by molar-refractivity contribution is 0.152. The number of nitrogens with zero attached hydrogens (tertiary/aromatic N) is 4. The second kappa shape index (κ2) is 12.0. The van der Waals surface area contributed by atoms with E-state index in [1.54, 1.807) is 11.3 Å². The standard InChI is InChI=1S/C17H32N6S.HI/c1-14-16(24-15(2)21-14)13-20-17(18-3)19-7-5-6-8-23-11-9-22(4)10-12-23;/h5-13H2,1-4H3,(H2,18,19,20);1H. The lowest BCUT2D eigenvalue weighted by Gasteiger charge is -2.32. The summed E-state index contributed by atoms with van der Waals surface area (Å²) in [6.07, 6.45) is 2.41. The largest absolute Gasteiger partial charge is 0.356 e. The zero-order valence-electron chi connectivity index (χ0n) is 16.0. The predicted octanol–water partition coefficient (Wildman–Crippen LogP) is 2.07.